The summed E-state index contributed by atoms with van der Waals surface area (Å²) in [6.45, 7) is 0. The van der Waals surface area contributed by atoms with Crippen molar-refractivity contribution in [3.8, 4) is 112 Å². The molecular weight excluding hydrogens is 1730 g/mol. The quantitative estimate of drug-likeness (QED) is 0.129. The number of fused-ring (bicyclic) bond motifs is 24. The number of benzene rings is 22. The lowest BCUT2D eigenvalue weighted by atomic mass is 9.91. The van der Waals surface area contributed by atoms with Crippen molar-refractivity contribution in [2.45, 2.75) is 0 Å². The van der Waals surface area contributed by atoms with E-state index >= 15 is 0 Å². The number of aromatic nitrogens is 2. The molecule has 140 heavy (non-hydrogen) atoms. The fourth-order valence-corrected chi connectivity index (χ4v) is 22.5. The van der Waals surface area contributed by atoms with Crippen LogP contribution >= 0.6 is 11.3 Å². The van der Waals surface area contributed by atoms with Gasteiger partial charge in [-0.05, 0) is 276 Å². The van der Waals surface area contributed by atoms with Gasteiger partial charge in [-0.3, -0.25) is 0 Å². The molecule has 8 heteroatoms. The minimum Gasteiger partial charge on any atom is -0.456 e. The Hall–Kier alpha value is -18.3. The minimum absolute atomic E-state index is 0.894. The molecule has 0 spiro atoms. The van der Waals surface area contributed by atoms with Gasteiger partial charge in [0.2, 0.25) is 0 Å². The van der Waals surface area contributed by atoms with Gasteiger partial charge in [-0.25, -0.2) is 0 Å². The van der Waals surface area contributed by atoms with Crippen LogP contribution in [0.3, 0.4) is 0 Å². The number of hydrogen-bond donors (Lipinski definition) is 0. The van der Waals surface area contributed by atoms with Gasteiger partial charge < -0.3 is 31.2 Å². The highest BCUT2D eigenvalue weighted by molar-refractivity contribution is 7.25. The van der Waals surface area contributed by atoms with E-state index in [1.54, 1.807) is 0 Å². The van der Waals surface area contributed by atoms with Crippen LogP contribution in [0.1, 0.15) is 0 Å². The number of furan rings is 5. The monoisotopic (exact) mass is 1800 g/mol. The molecular formula is C132H80N2O5S. The van der Waals surface area contributed by atoms with Gasteiger partial charge in [-0.2, -0.15) is 0 Å². The highest BCUT2D eigenvalue weighted by atomic mass is 32.1. The van der Waals surface area contributed by atoms with Crippen molar-refractivity contribution in [3.05, 3.63) is 485 Å². The Morgan fingerprint density at radius 3 is 0.664 bits per heavy atom. The molecule has 30 rings (SSSR count). The van der Waals surface area contributed by atoms with E-state index in [0.29, 0.717) is 0 Å². The van der Waals surface area contributed by atoms with Crippen molar-refractivity contribution < 1.29 is 22.1 Å². The van der Waals surface area contributed by atoms with E-state index in [0.717, 1.165) is 166 Å². The predicted octanol–water partition coefficient (Wildman–Crippen LogP) is 38.1. The van der Waals surface area contributed by atoms with E-state index in [-0.39, 0.29) is 0 Å². The highest BCUT2D eigenvalue weighted by Gasteiger charge is 2.22. The van der Waals surface area contributed by atoms with Crippen LogP contribution in [0, 0.1) is 0 Å². The first-order valence-corrected chi connectivity index (χ1v) is 48.3. The lowest BCUT2D eigenvalue weighted by Crippen LogP contribution is -2.00. The lowest BCUT2D eigenvalue weighted by Gasteiger charge is -2.16. The molecule has 30 aromatic rings. The van der Waals surface area contributed by atoms with Gasteiger partial charge in [-0.1, -0.05) is 309 Å². The zero-order valence-electron chi connectivity index (χ0n) is 75.5. The number of nitrogens with zero attached hydrogens (tertiary/aromatic N) is 2. The Kier molecular flexibility index (Phi) is 18.8. The summed E-state index contributed by atoms with van der Waals surface area (Å²) in [5, 5.41) is 19.1. The molecule has 8 heterocycles. The first-order valence-electron chi connectivity index (χ1n) is 47.5. The predicted molar refractivity (Wildman–Crippen MR) is 586 cm³/mol. The maximum Gasteiger partial charge on any atom is 0.135 e. The van der Waals surface area contributed by atoms with Crippen LogP contribution < -0.4 is 0 Å². The molecule has 0 aliphatic rings. The zero-order chi connectivity index (χ0) is 92.0. The van der Waals surface area contributed by atoms with Gasteiger partial charge in [0, 0.05) is 107 Å². The number of para-hydroxylation sites is 9. The second-order valence-electron chi connectivity index (χ2n) is 36.4. The van der Waals surface area contributed by atoms with Gasteiger partial charge in [0.1, 0.15) is 55.8 Å². The molecule has 7 nitrogen and oxygen atoms in total. The molecule has 654 valence electrons. The van der Waals surface area contributed by atoms with Crippen LogP contribution in [0.5, 0.6) is 0 Å². The van der Waals surface area contributed by atoms with Gasteiger partial charge >= 0.3 is 0 Å². The largest absolute Gasteiger partial charge is 0.456 e. The summed E-state index contributed by atoms with van der Waals surface area (Å²) in [4.78, 5) is 0. The van der Waals surface area contributed by atoms with Crippen molar-refractivity contribution in [1.82, 2.24) is 9.13 Å². The Morgan fingerprint density at radius 2 is 0.329 bits per heavy atom. The van der Waals surface area contributed by atoms with E-state index in [2.05, 4.69) is 434 Å². The van der Waals surface area contributed by atoms with E-state index in [1.807, 2.05) is 72.0 Å². The topological polar surface area (TPSA) is 75.6 Å². The maximum atomic E-state index is 6.17. The third-order valence-electron chi connectivity index (χ3n) is 28.3. The molecule has 0 amide bonds. The Balaban J connectivity index is 0.000000104. The average Bonchev–Trinajstić information content (AvgIpc) is 1.63. The minimum atomic E-state index is 0.894. The van der Waals surface area contributed by atoms with Gasteiger partial charge in [0.15, 0.2) is 0 Å². The van der Waals surface area contributed by atoms with Crippen LogP contribution in [0.15, 0.2) is 507 Å². The molecule has 0 N–H and O–H groups in total. The molecule has 8 aromatic heterocycles. The third kappa shape index (κ3) is 13.8. The molecule has 0 fully saturated rings. The first-order chi connectivity index (χ1) is 69.3. The number of thiophene rings is 1. The van der Waals surface area contributed by atoms with Crippen LogP contribution in [-0.4, -0.2) is 9.13 Å². The average molecular weight is 1810 g/mol. The van der Waals surface area contributed by atoms with Crippen LogP contribution in [0.25, 0.3) is 285 Å². The standard InChI is InChI=1S/C48H30N2S.C48H28O3.C36H22O2/c1-6-16-43-37(11-1)38-12-2-7-17-44(38)49(43)35-27-34(28-36(30-35)50-45-18-8-3-13-39(45)40-14-4-9-19-46(40)50)32-23-21-31(22-24-32)33-25-26-48-42(29-33)41-15-5-10-20-47(41)51-48;1-4-10-43-37(7-1)40-26-31(17-20-46(40)49-43)29-13-15-30(16-14-29)34-23-35(32-18-21-47-41(27-32)38-8-2-5-11-44(38)50-47)25-36(24-34)33-19-22-48-42(28-33)39-9-3-6-12-45(39)51-48;1-3-10-33-29(8-1)31-21-27(16-18-35(31)37-33)24-14-12-23(13-15-24)25-6-5-7-26(20-25)28-17-19-36-32(22-28)30-9-2-4-11-34(30)38-36/h1-30H;1-28H;1-22H. The summed E-state index contributed by atoms with van der Waals surface area (Å²) < 4.78 is 38.0. The van der Waals surface area contributed by atoms with E-state index in [1.165, 1.54) is 119 Å². The molecule has 0 saturated heterocycles. The Labute approximate surface area is 807 Å². The lowest BCUT2D eigenvalue weighted by molar-refractivity contribution is 0.668. The smallest absolute Gasteiger partial charge is 0.135 e. The SMILES string of the molecule is c1cc(-c2ccc(-c3ccc4oc5ccccc5c4c3)cc2)cc(-c2ccc3oc4ccccc4c3c2)c1.c1ccc2c(c1)oc1ccc(-c3ccc(-c4cc(-c5ccc6oc7ccccc7c6c5)cc(-c5ccc6oc7ccccc7c6c5)c4)cc3)cc12.c1ccc2c(c1)sc1ccc(-c3ccc(-c4cc(-n5c6ccccc6c6ccccc65)cc(-n5c6ccccc6c6ccccc65)c4)cc3)cc12. The number of hydrogen-bond acceptors (Lipinski definition) is 6. The van der Waals surface area contributed by atoms with Gasteiger partial charge in [0.05, 0.1) is 22.1 Å². The fraction of sp³-hybridized carbons (Fsp3) is 0. The molecule has 0 atom stereocenters. The molecule has 0 aliphatic carbocycles. The summed E-state index contributed by atoms with van der Waals surface area (Å²) in [6.07, 6.45) is 0. The fourth-order valence-electron chi connectivity index (χ4n) is 21.4. The third-order valence-corrected chi connectivity index (χ3v) is 29.4. The second kappa shape index (κ2) is 32.8. The molecule has 0 radical (unpaired) electrons. The van der Waals surface area contributed by atoms with E-state index in [4.69, 9.17) is 22.1 Å². The van der Waals surface area contributed by atoms with Crippen molar-refractivity contribution in [2.24, 2.45) is 0 Å². The molecule has 0 saturated carbocycles. The summed E-state index contributed by atoms with van der Waals surface area (Å²) in [5.74, 6) is 0. The van der Waals surface area contributed by atoms with Crippen molar-refractivity contribution in [3.63, 3.8) is 0 Å². The van der Waals surface area contributed by atoms with E-state index < -0.39 is 0 Å². The second-order valence-corrected chi connectivity index (χ2v) is 37.5. The van der Waals surface area contributed by atoms with Crippen molar-refractivity contribution in [2.75, 3.05) is 0 Å². The molecule has 0 unspecified atom stereocenters. The summed E-state index contributed by atoms with van der Waals surface area (Å²) >= 11 is 1.86. The van der Waals surface area contributed by atoms with Crippen LogP contribution in [0.2, 0.25) is 0 Å². The van der Waals surface area contributed by atoms with E-state index in [9.17, 15) is 0 Å². The normalized spacial score (nSPS) is 11.9. The Bertz CT molecular complexity index is 9860. The zero-order valence-corrected chi connectivity index (χ0v) is 76.3. The molecule has 22 aromatic carbocycles. The highest BCUT2D eigenvalue weighted by Crippen LogP contribution is 2.46. The summed E-state index contributed by atoms with van der Waals surface area (Å²) in [7, 11) is 0. The van der Waals surface area contributed by atoms with Crippen LogP contribution in [-0.2, 0) is 0 Å². The van der Waals surface area contributed by atoms with Crippen LogP contribution in [0.4, 0.5) is 0 Å². The maximum absolute atomic E-state index is 6.17. The van der Waals surface area contributed by atoms with Gasteiger partial charge in [-0.15, -0.1) is 11.3 Å². The molecule has 0 aliphatic heterocycles. The van der Waals surface area contributed by atoms with Crippen molar-refractivity contribution >= 4 is 185 Å². The van der Waals surface area contributed by atoms with Gasteiger partial charge in [0.25, 0.3) is 0 Å². The van der Waals surface area contributed by atoms with Crippen molar-refractivity contribution in [1.29, 1.82) is 0 Å². The Morgan fingerprint density at radius 1 is 0.121 bits per heavy atom. The first kappa shape index (κ1) is 80.1. The molecule has 0 bridgehead atoms. The number of rotatable bonds is 11. The summed E-state index contributed by atoms with van der Waals surface area (Å²) in [5.41, 5.74) is 37.4. The summed E-state index contributed by atoms with van der Waals surface area (Å²) in [6, 6.07) is 174.